The van der Waals surface area contributed by atoms with Crippen LogP contribution in [0.4, 0.5) is 0 Å². The summed E-state index contributed by atoms with van der Waals surface area (Å²) in [5.74, 6) is -1.08. The lowest BCUT2D eigenvalue weighted by molar-refractivity contribution is 0.0841. The van der Waals surface area contributed by atoms with E-state index in [4.69, 9.17) is 0 Å². The number of hydrogen-bond acceptors (Lipinski definition) is 6. The molecule has 2 aromatic rings. The number of aromatic nitrogens is 4. The van der Waals surface area contributed by atoms with Gasteiger partial charge in [-0.05, 0) is 12.1 Å². The zero-order valence-electron chi connectivity index (χ0n) is 9.07. The van der Waals surface area contributed by atoms with Crippen molar-refractivity contribution >= 4 is 11.8 Å². The Morgan fingerprint density at radius 3 is 1.61 bits per heavy atom. The van der Waals surface area contributed by atoms with E-state index in [2.05, 4.69) is 30.8 Å². The van der Waals surface area contributed by atoms with Crippen LogP contribution in [-0.2, 0) is 0 Å². The highest BCUT2D eigenvalue weighted by molar-refractivity contribution is 5.97. The molecule has 2 amide bonds. The normalized spacial score (nSPS) is 9.56. The molecule has 0 saturated carbocycles. The number of rotatable bonds is 2. The van der Waals surface area contributed by atoms with Gasteiger partial charge in [-0.2, -0.15) is 0 Å². The molecule has 2 rings (SSSR count). The Balaban J connectivity index is 1.93. The van der Waals surface area contributed by atoms with Gasteiger partial charge in [-0.15, -0.1) is 0 Å². The van der Waals surface area contributed by atoms with Crippen molar-refractivity contribution in [2.45, 2.75) is 0 Å². The van der Waals surface area contributed by atoms with Crippen molar-refractivity contribution in [3.8, 4) is 0 Å². The molecule has 8 nitrogen and oxygen atoms in total. The van der Waals surface area contributed by atoms with Gasteiger partial charge in [-0.1, -0.05) is 0 Å². The first-order valence-corrected chi connectivity index (χ1v) is 4.90. The van der Waals surface area contributed by atoms with Crippen LogP contribution in [0.15, 0.2) is 37.2 Å². The van der Waals surface area contributed by atoms with E-state index in [9.17, 15) is 9.59 Å². The van der Waals surface area contributed by atoms with E-state index in [1.54, 1.807) is 0 Å². The molecular weight excluding hydrogens is 236 g/mol. The van der Waals surface area contributed by atoms with Gasteiger partial charge >= 0.3 is 0 Å². The Morgan fingerprint density at radius 2 is 1.28 bits per heavy atom. The first-order chi connectivity index (χ1) is 8.77. The zero-order valence-corrected chi connectivity index (χ0v) is 9.07. The molecule has 0 fully saturated rings. The third-order valence-electron chi connectivity index (χ3n) is 1.92. The Bertz CT molecular complexity index is 493. The Kier molecular flexibility index (Phi) is 3.50. The van der Waals surface area contributed by atoms with Gasteiger partial charge in [0.25, 0.3) is 11.8 Å². The van der Waals surface area contributed by atoms with E-state index in [-0.39, 0.29) is 11.4 Å². The smallest absolute Gasteiger partial charge is 0.266 e. The molecule has 8 heteroatoms. The standard InChI is InChI=1S/C10H8N6O2/c17-9(7-1-3-11-5-13-7)15-16-10(18)8-2-4-12-6-14-8/h1-6H,(H,15,17)(H,16,18). The number of carbonyl (C=O) groups is 2. The van der Waals surface area contributed by atoms with Gasteiger partial charge in [0.05, 0.1) is 0 Å². The van der Waals surface area contributed by atoms with Crippen molar-refractivity contribution in [1.29, 1.82) is 0 Å². The largest absolute Gasteiger partial charge is 0.288 e. The van der Waals surface area contributed by atoms with E-state index in [1.807, 2.05) is 0 Å². The molecule has 2 N–H and O–H groups in total. The number of hydrogen-bond donors (Lipinski definition) is 2. The van der Waals surface area contributed by atoms with Crippen molar-refractivity contribution in [2.24, 2.45) is 0 Å². The fourth-order valence-corrected chi connectivity index (χ4v) is 1.09. The molecule has 0 aliphatic carbocycles. The molecule has 0 unspecified atom stereocenters. The molecule has 0 aliphatic heterocycles. The van der Waals surface area contributed by atoms with Crippen LogP contribution >= 0.6 is 0 Å². The number of nitrogens with one attached hydrogen (secondary N) is 2. The lowest BCUT2D eigenvalue weighted by atomic mass is 10.4. The van der Waals surface area contributed by atoms with E-state index in [0.29, 0.717) is 0 Å². The minimum absolute atomic E-state index is 0.146. The third kappa shape index (κ3) is 2.82. The fourth-order valence-electron chi connectivity index (χ4n) is 1.09. The number of carbonyl (C=O) groups excluding carboxylic acids is 2. The first kappa shape index (κ1) is 11.6. The molecule has 2 aromatic heterocycles. The minimum Gasteiger partial charge on any atom is -0.266 e. The predicted octanol–water partition coefficient (Wildman–Crippen LogP) is -0.659. The molecule has 90 valence electrons. The van der Waals surface area contributed by atoms with E-state index in [0.717, 1.165) is 0 Å². The van der Waals surface area contributed by atoms with Crippen molar-refractivity contribution in [2.75, 3.05) is 0 Å². The van der Waals surface area contributed by atoms with E-state index in [1.165, 1.54) is 37.2 Å². The zero-order chi connectivity index (χ0) is 12.8. The first-order valence-electron chi connectivity index (χ1n) is 4.90. The summed E-state index contributed by atoms with van der Waals surface area (Å²) >= 11 is 0. The molecule has 2 heterocycles. The lowest BCUT2D eigenvalue weighted by Crippen LogP contribution is -2.42. The van der Waals surface area contributed by atoms with Crippen molar-refractivity contribution in [1.82, 2.24) is 30.8 Å². The summed E-state index contributed by atoms with van der Waals surface area (Å²) in [6.45, 7) is 0. The van der Waals surface area contributed by atoms with Crippen molar-refractivity contribution in [3.63, 3.8) is 0 Å². The number of nitrogens with zero attached hydrogens (tertiary/aromatic N) is 4. The van der Waals surface area contributed by atoms with Crippen LogP contribution in [0.1, 0.15) is 21.0 Å². The van der Waals surface area contributed by atoms with Crippen molar-refractivity contribution in [3.05, 3.63) is 48.6 Å². The number of hydrazine groups is 1. The maximum atomic E-state index is 11.5. The maximum absolute atomic E-state index is 11.5. The quantitative estimate of drug-likeness (QED) is 0.679. The second-order valence-corrected chi connectivity index (χ2v) is 3.10. The predicted molar refractivity (Wildman–Crippen MR) is 59.0 cm³/mol. The van der Waals surface area contributed by atoms with E-state index >= 15 is 0 Å². The van der Waals surface area contributed by atoms with Crippen LogP contribution in [0, 0.1) is 0 Å². The summed E-state index contributed by atoms with van der Waals surface area (Å²) in [4.78, 5) is 37.9. The highest BCUT2D eigenvalue weighted by Gasteiger charge is 2.10. The molecule has 0 saturated heterocycles. The van der Waals surface area contributed by atoms with Crippen LogP contribution in [0.3, 0.4) is 0 Å². The summed E-state index contributed by atoms with van der Waals surface area (Å²) in [5, 5.41) is 0. The molecule has 0 bridgehead atoms. The molecule has 0 radical (unpaired) electrons. The molecule has 18 heavy (non-hydrogen) atoms. The van der Waals surface area contributed by atoms with Crippen LogP contribution < -0.4 is 10.9 Å². The van der Waals surface area contributed by atoms with Crippen molar-refractivity contribution < 1.29 is 9.59 Å². The van der Waals surface area contributed by atoms with Gasteiger partial charge in [0.2, 0.25) is 0 Å². The van der Waals surface area contributed by atoms with Crippen LogP contribution in [-0.4, -0.2) is 31.8 Å². The molecule has 0 atom stereocenters. The van der Waals surface area contributed by atoms with Gasteiger partial charge in [0, 0.05) is 12.4 Å². The number of amides is 2. The average Bonchev–Trinajstić information content (AvgIpc) is 2.46. The SMILES string of the molecule is O=C(NNC(=O)c1ccncn1)c1ccncn1. The van der Waals surface area contributed by atoms with Crippen LogP contribution in [0.25, 0.3) is 0 Å². The maximum Gasteiger partial charge on any atom is 0.288 e. The van der Waals surface area contributed by atoms with Gasteiger partial charge < -0.3 is 0 Å². The Morgan fingerprint density at radius 1 is 0.833 bits per heavy atom. The monoisotopic (exact) mass is 244 g/mol. The molecule has 0 spiro atoms. The second-order valence-electron chi connectivity index (χ2n) is 3.10. The topological polar surface area (TPSA) is 110 Å². The fraction of sp³-hybridized carbons (Fsp3) is 0. The third-order valence-corrected chi connectivity index (χ3v) is 1.92. The summed E-state index contributed by atoms with van der Waals surface area (Å²) in [6.07, 6.45) is 5.32. The highest BCUT2D eigenvalue weighted by atomic mass is 16.2. The Hall–Kier alpha value is -2.90. The van der Waals surface area contributed by atoms with Crippen LogP contribution in [0.2, 0.25) is 0 Å². The second kappa shape index (κ2) is 5.43. The molecule has 0 aliphatic rings. The van der Waals surface area contributed by atoms with Gasteiger partial charge in [-0.25, -0.2) is 19.9 Å². The lowest BCUT2D eigenvalue weighted by Gasteiger charge is -2.05. The molecule has 0 aromatic carbocycles. The highest BCUT2D eigenvalue weighted by Crippen LogP contribution is 1.91. The molecular formula is C10H8N6O2. The van der Waals surface area contributed by atoms with Gasteiger partial charge in [-0.3, -0.25) is 20.4 Å². The summed E-state index contributed by atoms with van der Waals surface area (Å²) in [5.41, 5.74) is 4.71. The Labute approximate surface area is 101 Å². The van der Waals surface area contributed by atoms with Crippen LogP contribution in [0.5, 0.6) is 0 Å². The van der Waals surface area contributed by atoms with Gasteiger partial charge in [0.15, 0.2) is 0 Å². The minimum atomic E-state index is -0.542. The summed E-state index contributed by atoms with van der Waals surface area (Å²) in [7, 11) is 0. The van der Waals surface area contributed by atoms with Gasteiger partial charge in [0.1, 0.15) is 24.0 Å². The van der Waals surface area contributed by atoms with E-state index < -0.39 is 11.8 Å². The summed E-state index contributed by atoms with van der Waals surface area (Å²) in [6, 6.07) is 2.85. The average molecular weight is 244 g/mol. The summed E-state index contributed by atoms with van der Waals surface area (Å²) < 4.78 is 0.